The summed E-state index contributed by atoms with van der Waals surface area (Å²) in [5.41, 5.74) is 0. The normalized spacial score (nSPS) is 14.5. The zero-order valence-corrected chi connectivity index (χ0v) is 10.9. The molecule has 0 aliphatic rings. The van der Waals surface area contributed by atoms with E-state index in [4.69, 9.17) is 0 Å². The minimum Gasteiger partial charge on any atom is -0.237 e. The summed E-state index contributed by atoms with van der Waals surface area (Å²) in [6.45, 7) is 1.18. The fourth-order valence-corrected chi connectivity index (χ4v) is 2.66. The third-order valence-electron chi connectivity index (χ3n) is 1.60. The number of hydrogen-bond acceptors (Lipinski definition) is 6. The van der Waals surface area contributed by atoms with Gasteiger partial charge in [-0.25, -0.2) is 8.37 Å². The maximum Gasteiger partial charge on any atom is 0.299 e. The number of hydrogen-bond donors (Lipinski definition) is 0. The molecule has 0 saturated heterocycles. The Hall–Kier alpha value is -0.960. The van der Waals surface area contributed by atoms with E-state index in [1.807, 2.05) is 0 Å². The van der Waals surface area contributed by atoms with Gasteiger partial charge in [-0.3, -0.25) is 0 Å². The molecule has 17 heavy (non-hydrogen) atoms. The van der Waals surface area contributed by atoms with Crippen molar-refractivity contribution in [1.29, 1.82) is 0 Å². The molecule has 0 aromatic heterocycles. The van der Waals surface area contributed by atoms with Gasteiger partial charge in [-0.2, -0.15) is 16.8 Å². The van der Waals surface area contributed by atoms with Crippen molar-refractivity contribution in [2.24, 2.45) is 0 Å². The van der Waals surface area contributed by atoms with Gasteiger partial charge >= 0.3 is 0 Å². The van der Waals surface area contributed by atoms with Gasteiger partial charge in [-0.05, 0) is 19.1 Å². The van der Waals surface area contributed by atoms with Crippen LogP contribution in [0.15, 0.2) is 35.2 Å². The van der Waals surface area contributed by atoms with E-state index in [1.165, 1.54) is 31.2 Å². The lowest BCUT2D eigenvalue weighted by Crippen LogP contribution is -2.21. The minimum absolute atomic E-state index is 0.0658. The van der Waals surface area contributed by atoms with Crippen LogP contribution in [0.25, 0.3) is 0 Å². The van der Waals surface area contributed by atoms with Crippen LogP contribution >= 0.6 is 0 Å². The molecule has 0 amide bonds. The van der Waals surface area contributed by atoms with Crippen molar-refractivity contribution in [3.8, 4) is 0 Å². The van der Waals surface area contributed by atoms with Crippen LogP contribution in [0.5, 0.6) is 0 Å². The van der Waals surface area contributed by atoms with Crippen LogP contribution in [0, 0.1) is 0 Å². The van der Waals surface area contributed by atoms with E-state index in [0.29, 0.717) is 0 Å². The fraction of sp³-hybridized carbons (Fsp3) is 0.333. The maximum atomic E-state index is 11.6. The fourth-order valence-electron chi connectivity index (χ4n) is 1.08. The smallest absolute Gasteiger partial charge is 0.237 e. The highest BCUT2D eigenvalue weighted by molar-refractivity contribution is 7.87. The largest absolute Gasteiger partial charge is 0.299 e. The molecule has 0 aliphatic carbocycles. The van der Waals surface area contributed by atoms with Crippen LogP contribution < -0.4 is 0 Å². The van der Waals surface area contributed by atoms with Crippen LogP contribution in [0.1, 0.15) is 6.92 Å². The van der Waals surface area contributed by atoms with Crippen molar-refractivity contribution in [3.63, 3.8) is 0 Å². The summed E-state index contributed by atoms with van der Waals surface area (Å²) in [4.78, 5) is -0.0658. The lowest BCUT2D eigenvalue weighted by atomic mass is 10.4. The molecule has 0 spiro atoms. The van der Waals surface area contributed by atoms with Crippen molar-refractivity contribution in [2.75, 3.05) is 6.26 Å². The van der Waals surface area contributed by atoms with Gasteiger partial charge in [0.1, 0.15) is 0 Å². The SMILES string of the molecule is CC(OS(C)(=O)=O)OS(=O)(=O)c1ccccc1. The molecule has 96 valence electrons. The second-order valence-electron chi connectivity index (χ2n) is 3.23. The summed E-state index contributed by atoms with van der Waals surface area (Å²) in [6.07, 6.45) is -0.600. The first-order chi connectivity index (χ1) is 7.71. The second kappa shape index (κ2) is 5.13. The Kier molecular flexibility index (Phi) is 4.26. The zero-order valence-electron chi connectivity index (χ0n) is 9.23. The predicted molar refractivity (Wildman–Crippen MR) is 60.1 cm³/mol. The van der Waals surface area contributed by atoms with E-state index in [-0.39, 0.29) is 4.90 Å². The summed E-state index contributed by atoms with van der Waals surface area (Å²) in [7, 11) is -7.79. The van der Waals surface area contributed by atoms with Gasteiger partial charge in [0.15, 0.2) is 6.29 Å². The van der Waals surface area contributed by atoms with Gasteiger partial charge in [-0.1, -0.05) is 18.2 Å². The van der Waals surface area contributed by atoms with E-state index in [0.717, 1.165) is 6.26 Å². The van der Waals surface area contributed by atoms with E-state index in [2.05, 4.69) is 8.37 Å². The van der Waals surface area contributed by atoms with E-state index >= 15 is 0 Å². The molecule has 0 N–H and O–H groups in total. The molecule has 0 saturated carbocycles. The van der Waals surface area contributed by atoms with Crippen molar-refractivity contribution in [1.82, 2.24) is 0 Å². The quantitative estimate of drug-likeness (QED) is 0.583. The van der Waals surface area contributed by atoms with Crippen LogP contribution in [-0.2, 0) is 28.6 Å². The summed E-state index contributed by atoms with van der Waals surface area (Å²) in [5.74, 6) is 0. The van der Waals surface area contributed by atoms with Gasteiger partial charge in [0, 0.05) is 0 Å². The Morgan fingerprint density at radius 1 is 1.00 bits per heavy atom. The highest BCUT2D eigenvalue weighted by Gasteiger charge is 2.21. The first-order valence-electron chi connectivity index (χ1n) is 4.57. The van der Waals surface area contributed by atoms with Gasteiger partial charge in [0.05, 0.1) is 11.2 Å². The molecule has 0 heterocycles. The zero-order chi connectivity index (χ0) is 13.1. The van der Waals surface area contributed by atoms with Crippen LogP contribution in [0.3, 0.4) is 0 Å². The van der Waals surface area contributed by atoms with Gasteiger partial charge in [0.25, 0.3) is 20.2 Å². The Bertz CT molecular complexity index is 561. The average molecular weight is 280 g/mol. The van der Waals surface area contributed by atoms with Gasteiger partial charge in [-0.15, -0.1) is 0 Å². The lowest BCUT2D eigenvalue weighted by Gasteiger charge is -2.11. The van der Waals surface area contributed by atoms with Crippen molar-refractivity contribution >= 4 is 20.2 Å². The lowest BCUT2D eigenvalue weighted by molar-refractivity contribution is 0.0352. The standard InChI is InChI=1S/C9H12O6S2/c1-8(14-16(2,10)11)15-17(12,13)9-6-4-3-5-7-9/h3-8H,1-2H3. The Labute approximate surface area is 100 Å². The molecule has 1 atom stereocenters. The Balaban J connectivity index is 2.82. The third-order valence-corrected chi connectivity index (χ3v) is 3.60. The molecular formula is C9H12O6S2. The molecular weight excluding hydrogens is 268 g/mol. The van der Waals surface area contributed by atoms with E-state index < -0.39 is 26.5 Å². The van der Waals surface area contributed by atoms with Crippen molar-refractivity contribution < 1.29 is 25.2 Å². The molecule has 0 fully saturated rings. The third kappa shape index (κ3) is 4.82. The summed E-state index contributed by atoms with van der Waals surface area (Å²) < 4.78 is 53.7. The van der Waals surface area contributed by atoms with E-state index in [1.54, 1.807) is 6.07 Å². The average Bonchev–Trinajstić information content (AvgIpc) is 2.15. The highest BCUT2D eigenvalue weighted by atomic mass is 32.2. The molecule has 1 unspecified atom stereocenters. The molecule has 1 rings (SSSR count). The van der Waals surface area contributed by atoms with Crippen LogP contribution in [0.4, 0.5) is 0 Å². The van der Waals surface area contributed by atoms with Crippen LogP contribution in [0.2, 0.25) is 0 Å². The van der Waals surface area contributed by atoms with Crippen LogP contribution in [-0.4, -0.2) is 29.4 Å². The molecule has 0 radical (unpaired) electrons. The summed E-state index contributed by atoms with van der Waals surface area (Å²) >= 11 is 0. The molecule has 1 aromatic rings. The van der Waals surface area contributed by atoms with Gasteiger partial charge in [0.2, 0.25) is 0 Å². The molecule has 0 aliphatic heterocycles. The number of rotatable bonds is 5. The first kappa shape index (κ1) is 14.1. The summed E-state index contributed by atoms with van der Waals surface area (Å²) in [5, 5.41) is 0. The molecule has 0 bridgehead atoms. The Morgan fingerprint density at radius 2 is 1.53 bits per heavy atom. The minimum atomic E-state index is -4.02. The van der Waals surface area contributed by atoms with Crippen molar-refractivity contribution in [2.45, 2.75) is 18.1 Å². The topological polar surface area (TPSA) is 86.7 Å². The molecule has 1 aromatic carbocycles. The van der Waals surface area contributed by atoms with Gasteiger partial charge < -0.3 is 0 Å². The second-order valence-corrected chi connectivity index (χ2v) is 6.40. The number of benzene rings is 1. The molecule has 8 heteroatoms. The first-order valence-corrected chi connectivity index (χ1v) is 7.80. The van der Waals surface area contributed by atoms with E-state index in [9.17, 15) is 16.8 Å². The maximum absolute atomic E-state index is 11.6. The van der Waals surface area contributed by atoms with Crippen molar-refractivity contribution in [3.05, 3.63) is 30.3 Å². The highest BCUT2D eigenvalue weighted by Crippen LogP contribution is 2.14. The summed E-state index contributed by atoms with van der Waals surface area (Å²) in [6, 6.07) is 7.37. The Morgan fingerprint density at radius 3 is 2.00 bits per heavy atom. The predicted octanol–water partition coefficient (Wildman–Crippen LogP) is 0.714. The molecule has 6 nitrogen and oxygen atoms in total. The monoisotopic (exact) mass is 280 g/mol.